The molecule has 0 bridgehead atoms. The molecule has 35 heavy (non-hydrogen) atoms. The van der Waals surface area contributed by atoms with Crippen LogP contribution in [0.15, 0.2) is 61.1 Å². The number of phenolic OH excluding ortho intramolecular Hbond substituents is 1. The van der Waals surface area contributed by atoms with Crippen LogP contribution in [-0.2, 0) is 17.9 Å². The van der Waals surface area contributed by atoms with Gasteiger partial charge in [-0.2, -0.15) is 5.26 Å². The van der Waals surface area contributed by atoms with Gasteiger partial charge in [-0.05, 0) is 41.3 Å². The van der Waals surface area contributed by atoms with Crippen molar-refractivity contribution in [2.24, 2.45) is 0 Å². The Kier molecular flexibility index (Phi) is 6.35. The summed E-state index contributed by atoms with van der Waals surface area (Å²) in [5.74, 6) is 0.179. The first-order chi connectivity index (χ1) is 16.9. The number of fused-ring (bicyclic) bond motifs is 1. The van der Waals surface area contributed by atoms with Crippen molar-refractivity contribution in [1.82, 2.24) is 14.5 Å². The van der Waals surface area contributed by atoms with Crippen LogP contribution in [0.1, 0.15) is 16.8 Å². The van der Waals surface area contributed by atoms with Crippen LogP contribution >= 0.6 is 23.2 Å². The van der Waals surface area contributed by atoms with Crippen LogP contribution in [0.4, 0.5) is 5.69 Å². The van der Waals surface area contributed by atoms with Gasteiger partial charge in [0.2, 0.25) is 5.91 Å². The minimum absolute atomic E-state index is 0.00353. The molecule has 3 aromatic carbocycles. The van der Waals surface area contributed by atoms with E-state index >= 15 is 0 Å². The van der Waals surface area contributed by atoms with Crippen molar-refractivity contribution in [3.8, 4) is 11.8 Å². The molecule has 0 aliphatic carbocycles. The fraction of sp³-hybridized carbons (Fsp3) is 0.192. The highest BCUT2D eigenvalue weighted by molar-refractivity contribution is 6.36. The molecule has 1 amide bonds. The number of amides is 1. The minimum Gasteiger partial charge on any atom is -0.508 e. The van der Waals surface area contributed by atoms with Crippen LogP contribution in [0.5, 0.6) is 5.75 Å². The first-order valence-electron chi connectivity index (χ1n) is 11.0. The molecule has 0 spiro atoms. The quantitative estimate of drug-likeness (QED) is 0.420. The number of piperazine rings is 1. The van der Waals surface area contributed by atoms with Gasteiger partial charge in [0, 0.05) is 37.8 Å². The zero-order chi connectivity index (χ0) is 24.5. The molecule has 1 aliphatic rings. The normalized spacial score (nSPS) is 14.4. The Morgan fingerprint density at radius 1 is 1.06 bits per heavy atom. The Morgan fingerprint density at radius 3 is 2.60 bits per heavy atom. The van der Waals surface area contributed by atoms with Gasteiger partial charge < -0.3 is 14.6 Å². The van der Waals surface area contributed by atoms with Crippen molar-refractivity contribution in [2.45, 2.75) is 13.1 Å². The zero-order valence-electron chi connectivity index (χ0n) is 18.7. The monoisotopic (exact) mass is 505 g/mol. The van der Waals surface area contributed by atoms with E-state index in [4.69, 9.17) is 28.5 Å². The summed E-state index contributed by atoms with van der Waals surface area (Å²) in [5.41, 5.74) is 2.89. The van der Waals surface area contributed by atoms with Crippen molar-refractivity contribution in [3.63, 3.8) is 0 Å². The maximum absolute atomic E-state index is 13.1. The molecule has 7 nitrogen and oxygen atoms in total. The molecule has 0 saturated carbocycles. The fourth-order valence-corrected chi connectivity index (χ4v) is 5.08. The van der Waals surface area contributed by atoms with Crippen molar-refractivity contribution in [1.29, 1.82) is 5.26 Å². The Labute approximate surface area is 212 Å². The maximum Gasteiger partial charge on any atom is 0.241 e. The summed E-state index contributed by atoms with van der Waals surface area (Å²) >= 11 is 12.4. The van der Waals surface area contributed by atoms with E-state index in [0.717, 1.165) is 27.7 Å². The topological polar surface area (TPSA) is 85.4 Å². The van der Waals surface area contributed by atoms with Crippen LogP contribution < -0.4 is 4.90 Å². The second kappa shape index (κ2) is 9.59. The molecule has 4 aromatic rings. The Balaban J connectivity index is 1.30. The lowest BCUT2D eigenvalue weighted by molar-refractivity contribution is -0.121. The molecular formula is C26H21Cl2N5O2. The summed E-state index contributed by atoms with van der Waals surface area (Å²) in [4.78, 5) is 21.3. The molecule has 1 fully saturated rings. The summed E-state index contributed by atoms with van der Waals surface area (Å²) in [7, 11) is 0. The van der Waals surface area contributed by atoms with Crippen LogP contribution in [-0.4, -0.2) is 45.1 Å². The maximum atomic E-state index is 13.1. The van der Waals surface area contributed by atoms with Crippen LogP contribution in [0.2, 0.25) is 10.0 Å². The Bertz CT molecular complexity index is 1450. The van der Waals surface area contributed by atoms with Gasteiger partial charge in [0.25, 0.3) is 0 Å². The lowest BCUT2D eigenvalue weighted by Crippen LogP contribution is -2.50. The number of anilines is 1. The summed E-state index contributed by atoms with van der Waals surface area (Å²) in [6.45, 7) is 2.57. The molecule has 1 aromatic heterocycles. The molecule has 9 heteroatoms. The molecule has 1 N–H and O–H groups in total. The van der Waals surface area contributed by atoms with Crippen molar-refractivity contribution >= 4 is 45.6 Å². The standard InChI is InChI=1S/C26H21Cl2N5O2/c27-23-8-17(9-24(28)22(23)11-29)13-32-16-30-12-19(32)14-31-6-7-33(26(35)15-31)25-3-1-2-18-4-5-20(34)10-21(18)25/h1-5,8-10,12,16,34H,6-7,13-15H2. The third kappa shape index (κ3) is 4.69. The van der Waals surface area contributed by atoms with Crippen LogP contribution in [0, 0.1) is 11.3 Å². The SMILES string of the molecule is N#Cc1c(Cl)cc(Cn2cncc2CN2CCN(c3cccc4ccc(O)cc34)C(=O)C2)cc1Cl. The number of aromatic hydroxyl groups is 1. The highest BCUT2D eigenvalue weighted by atomic mass is 35.5. The van der Waals surface area contributed by atoms with Gasteiger partial charge in [0.1, 0.15) is 11.8 Å². The first kappa shape index (κ1) is 23.2. The predicted molar refractivity (Wildman–Crippen MR) is 136 cm³/mol. The summed E-state index contributed by atoms with van der Waals surface area (Å²) < 4.78 is 1.98. The highest BCUT2D eigenvalue weighted by Crippen LogP contribution is 2.31. The average Bonchev–Trinajstić information content (AvgIpc) is 3.25. The van der Waals surface area contributed by atoms with Gasteiger partial charge in [0.05, 0.1) is 39.9 Å². The number of hydrogen-bond acceptors (Lipinski definition) is 5. The van der Waals surface area contributed by atoms with E-state index in [1.165, 1.54) is 0 Å². The van der Waals surface area contributed by atoms with Gasteiger partial charge in [-0.3, -0.25) is 9.69 Å². The lowest BCUT2D eigenvalue weighted by Gasteiger charge is -2.35. The highest BCUT2D eigenvalue weighted by Gasteiger charge is 2.27. The van der Waals surface area contributed by atoms with Crippen molar-refractivity contribution in [2.75, 3.05) is 24.5 Å². The van der Waals surface area contributed by atoms with Crippen molar-refractivity contribution in [3.05, 3.63) is 87.9 Å². The number of carbonyl (C=O) groups excluding carboxylic acids is 1. The largest absolute Gasteiger partial charge is 0.508 e. The van der Waals surface area contributed by atoms with E-state index < -0.39 is 0 Å². The molecule has 0 radical (unpaired) electrons. The first-order valence-corrected chi connectivity index (χ1v) is 11.8. The molecule has 5 rings (SSSR count). The molecule has 0 atom stereocenters. The third-order valence-corrected chi connectivity index (χ3v) is 6.78. The third-order valence-electron chi connectivity index (χ3n) is 6.18. The Hall–Kier alpha value is -3.57. The van der Waals surface area contributed by atoms with E-state index in [9.17, 15) is 9.90 Å². The lowest BCUT2D eigenvalue weighted by atomic mass is 10.1. The number of carbonyl (C=O) groups is 1. The van der Waals surface area contributed by atoms with Gasteiger partial charge in [0.15, 0.2) is 0 Å². The summed E-state index contributed by atoms with van der Waals surface area (Å²) in [5, 5.41) is 21.6. The number of halogens is 2. The number of hydrogen-bond donors (Lipinski definition) is 1. The number of rotatable bonds is 5. The molecule has 2 heterocycles. The summed E-state index contributed by atoms with van der Waals surface area (Å²) in [6.07, 6.45) is 3.52. The molecular weight excluding hydrogens is 485 g/mol. The number of benzene rings is 3. The Morgan fingerprint density at radius 2 is 1.86 bits per heavy atom. The number of phenols is 1. The molecule has 1 saturated heterocycles. The summed E-state index contributed by atoms with van der Waals surface area (Å²) in [6, 6.07) is 16.5. The van der Waals surface area contributed by atoms with E-state index in [2.05, 4.69) is 9.88 Å². The molecule has 176 valence electrons. The average molecular weight is 506 g/mol. The number of nitriles is 1. The van der Waals surface area contributed by atoms with E-state index in [1.54, 1.807) is 41.7 Å². The molecule has 1 aliphatic heterocycles. The fourth-order valence-electron chi connectivity index (χ4n) is 4.46. The van der Waals surface area contributed by atoms with Gasteiger partial charge in [-0.25, -0.2) is 4.98 Å². The number of nitrogens with zero attached hydrogens (tertiary/aromatic N) is 5. The smallest absolute Gasteiger partial charge is 0.241 e. The number of imidazole rings is 1. The molecule has 0 unspecified atom stereocenters. The number of aromatic nitrogens is 2. The van der Waals surface area contributed by atoms with E-state index in [-0.39, 0.29) is 23.8 Å². The zero-order valence-corrected chi connectivity index (χ0v) is 20.2. The van der Waals surface area contributed by atoms with Gasteiger partial charge in [-0.15, -0.1) is 0 Å². The van der Waals surface area contributed by atoms with E-state index in [1.807, 2.05) is 34.9 Å². The second-order valence-electron chi connectivity index (χ2n) is 8.50. The minimum atomic E-state index is 0.00353. The van der Waals surface area contributed by atoms with Crippen molar-refractivity contribution < 1.29 is 9.90 Å². The van der Waals surface area contributed by atoms with Gasteiger partial charge in [-0.1, -0.05) is 41.4 Å². The van der Waals surface area contributed by atoms with E-state index in [0.29, 0.717) is 36.2 Å². The van der Waals surface area contributed by atoms with Crippen LogP contribution in [0.3, 0.4) is 0 Å². The van der Waals surface area contributed by atoms with Crippen LogP contribution in [0.25, 0.3) is 10.8 Å². The second-order valence-corrected chi connectivity index (χ2v) is 9.31. The van der Waals surface area contributed by atoms with Gasteiger partial charge >= 0.3 is 0 Å². The predicted octanol–water partition coefficient (Wildman–Crippen LogP) is 4.82.